The van der Waals surface area contributed by atoms with Gasteiger partial charge in [-0.05, 0) is 37.6 Å². The smallest absolute Gasteiger partial charge is 0.235 e. The Balaban J connectivity index is 1.69. The maximum absolute atomic E-state index is 13.1. The highest BCUT2D eigenvalue weighted by Crippen LogP contribution is 2.45. The van der Waals surface area contributed by atoms with Crippen molar-refractivity contribution in [2.45, 2.75) is 44.6 Å². The van der Waals surface area contributed by atoms with Crippen LogP contribution in [0.3, 0.4) is 0 Å². The number of carbonyl (C=O) groups is 1. The maximum atomic E-state index is 13.1. The number of benzene rings is 2. The van der Waals surface area contributed by atoms with Crippen LogP contribution in [0.5, 0.6) is 23.0 Å². The van der Waals surface area contributed by atoms with Crippen molar-refractivity contribution in [3.8, 4) is 23.0 Å². The molecule has 2 aromatic rings. The molecule has 4 rings (SSSR count). The highest BCUT2D eigenvalue weighted by Gasteiger charge is 2.44. The lowest BCUT2D eigenvalue weighted by Gasteiger charge is -2.39. The molecular weight excluding hydrogens is 408 g/mol. The molecule has 31 heavy (non-hydrogen) atoms. The number of aliphatic hydroxyl groups excluding tert-OH is 3. The van der Waals surface area contributed by atoms with E-state index in [1.54, 1.807) is 19.1 Å². The number of allylic oxidation sites excluding steroid dienone is 1. The summed E-state index contributed by atoms with van der Waals surface area (Å²) in [5.74, 6) is -0.659. The largest absolute Gasteiger partial charge is 0.508 e. The van der Waals surface area contributed by atoms with Gasteiger partial charge in [0.1, 0.15) is 46.9 Å². The molecule has 0 bridgehead atoms. The molecule has 2 aliphatic rings. The average Bonchev–Trinajstić information content (AvgIpc) is 3.06. The predicted molar refractivity (Wildman–Crippen MR) is 107 cm³/mol. The van der Waals surface area contributed by atoms with Gasteiger partial charge in [-0.25, -0.2) is 0 Å². The first-order valence-corrected chi connectivity index (χ1v) is 9.63. The van der Waals surface area contributed by atoms with Crippen molar-refractivity contribution < 1.29 is 44.5 Å². The van der Waals surface area contributed by atoms with Gasteiger partial charge in [0, 0.05) is 11.6 Å². The van der Waals surface area contributed by atoms with Crippen LogP contribution < -0.4 is 9.47 Å². The number of hydrogen-bond acceptors (Lipinski definition) is 9. The number of aliphatic hydroxyl groups is 3. The molecule has 9 heteroatoms. The van der Waals surface area contributed by atoms with Gasteiger partial charge >= 0.3 is 0 Å². The van der Waals surface area contributed by atoms with E-state index < -0.39 is 36.5 Å². The molecule has 0 spiro atoms. The van der Waals surface area contributed by atoms with E-state index >= 15 is 0 Å². The third-order valence-corrected chi connectivity index (χ3v) is 5.37. The molecule has 1 saturated heterocycles. The second-order valence-electron chi connectivity index (χ2n) is 7.55. The number of Topliss-reactive ketones (excluding diaryl/α,β-unsaturated/α-hetero) is 1. The first-order valence-electron chi connectivity index (χ1n) is 9.63. The standard InChI is InChI=1S/C22H22O9/c1-9-13(24)8-14(31-22-20(28)19(27)17(25)10(2)29-22)16-18(26)15(30-21(9)16)7-11-3-5-12(23)6-4-11/h3-8,10,17,19-20,22-25,27-28H,1-2H3/b15-7+/t10?,17-,19-,20?,22-/m0/s1. The number of phenols is 2. The molecule has 5 atom stereocenters. The summed E-state index contributed by atoms with van der Waals surface area (Å²) in [6.45, 7) is 3.07. The van der Waals surface area contributed by atoms with Crippen LogP contribution in [-0.4, -0.2) is 62.0 Å². The molecule has 0 saturated carbocycles. The number of hydrogen-bond donors (Lipinski definition) is 5. The zero-order valence-corrected chi connectivity index (χ0v) is 16.7. The SMILES string of the molecule is Cc1c(O)cc(O[C@@H]2OC(C)[C@H](O)[C@H](O)C2O)c2c1O/C(=C/c1ccc(O)cc1)C2=O. The van der Waals surface area contributed by atoms with Crippen LogP contribution >= 0.6 is 0 Å². The lowest BCUT2D eigenvalue weighted by atomic mass is 10.00. The van der Waals surface area contributed by atoms with Crippen molar-refractivity contribution >= 4 is 11.9 Å². The van der Waals surface area contributed by atoms with Crippen molar-refractivity contribution in [2.75, 3.05) is 0 Å². The average molecular weight is 430 g/mol. The van der Waals surface area contributed by atoms with Crippen LogP contribution in [0.15, 0.2) is 36.1 Å². The van der Waals surface area contributed by atoms with Crippen LogP contribution in [0.1, 0.15) is 28.4 Å². The van der Waals surface area contributed by atoms with Gasteiger partial charge in [0.05, 0.1) is 6.10 Å². The third-order valence-electron chi connectivity index (χ3n) is 5.37. The fourth-order valence-corrected chi connectivity index (χ4v) is 3.49. The van der Waals surface area contributed by atoms with Gasteiger partial charge in [0.2, 0.25) is 12.1 Å². The van der Waals surface area contributed by atoms with Crippen molar-refractivity contribution in [2.24, 2.45) is 0 Å². The zero-order valence-electron chi connectivity index (χ0n) is 16.7. The van der Waals surface area contributed by atoms with Crippen molar-refractivity contribution in [1.29, 1.82) is 0 Å². The normalized spacial score (nSPS) is 29.0. The molecule has 0 aliphatic carbocycles. The summed E-state index contributed by atoms with van der Waals surface area (Å²) in [6.07, 6.45) is -5.16. The van der Waals surface area contributed by atoms with Gasteiger partial charge in [0.15, 0.2) is 5.76 Å². The number of carbonyl (C=O) groups excluding carboxylic acids is 1. The van der Waals surface area contributed by atoms with Crippen LogP contribution in [-0.2, 0) is 4.74 Å². The molecule has 1 fully saturated rings. The summed E-state index contributed by atoms with van der Waals surface area (Å²) in [4.78, 5) is 13.1. The molecule has 2 heterocycles. The van der Waals surface area contributed by atoms with E-state index in [1.165, 1.54) is 31.2 Å². The number of ether oxygens (including phenoxy) is 3. The molecule has 2 aliphatic heterocycles. The first-order chi connectivity index (χ1) is 14.7. The summed E-state index contributed by atoms with van der Waals surface area (Å²) in [5, 5.41) is 49.8. The Labute approximate surface area is 177 Å². The van der Waals surface area contributed by atoms with Gasteiger partial charge in [-0.2, -0.15) is 0 Å². The van der Waals surface area contributed by atoms with Crippen LogP contribution in [0.4, 0.5) is 0 Å². The van der Waals surface area contributed by atoms with Crippen LogP contribution in [0.25, 0.3) is 6.08 Å². The topological polar surface area (TPSA) is 146 Å². The van der Waals surface area contributed by atoms with Gasteiger partial charge in [-0.3, -0.25) is 4.79 Å². The van der Waals surface area contributed by atoms with Crippen LogP contribution in [0, 0.1) is 6.92 Å². The van der Waals surface area contributed by atoms with E-state index in [1.807, 2.05) is 0 Å². The molecule has 0 radical (unpaired) electrons. The van der Waals surface area contributed by atoms with Crippen molar-refractivity contribution in [3.63, 3.8) is 0 Å². The van der Waals surface area contributed by atoms with E-state index in [-0.39, 0.29) is 34.3 Å². The number of fused-ring (bicyclic) bond motifs is 1. The molecule has 5 N–H and O–H groups in total. The van der Waals surface area contributed by atoms with Crippen LogP contribution in [0.2, 0.25) is 0 Å². The number of phenolic OH excluding ortho intramolecular Hbond substituents is 2. The summed E-state index contributed by atoms with van der Waals surface area (Å²) >= 11 is 0. The van der Waals surface area contributed by atoms with E-state index in [0.717, 1.165) is 0 Å². The summed E-state index contributed by atoms with van der Waals surface area (Å²) in [7, 11) is 0. The summed E-state index contributed by atoms with van der Waals surface area (Å²) in [6, 6.07) is 7.34. The third kappa shape index (κ3) is 3.72. The number of rotatable bonds is 3. The summed E-state index contributed by atoms with van der Waals surface area (Å²) < 4.78 is 16.8. The maximum Gasteiger partial charge on any atom is 0.235 e. The second kappa shape index (κ2) is 7.86. The number of aromatic hydroxyl groups is 2. The van der Waals surface area contributed by atoms with E-state index in [0.29, 0.717) is 11.1 Å². The van der Waals surface area contributed by atoms with E-state index in [9.17, 15) is 30.3 Å². The fraction of sp³-hybridized carbons (Fsp3) is 0.318. The molecule has 164 valence electrons. The number of ketones is 1. The molecule has 9 nitrogen and oxygen atoms in total. The molecule has 0 aromatic heterocycles. The van der Waals surface area contributed by atoms with Crippen molar-refractivity contribution in [3.05, 3.63) is 52.8 Å². The first kappa shape index (κ1) is 21.1. The Hall–Kier alpha value is -3.11. The van der Waals surface area contributed by atoms with Gasteiger partial charge in [-0.15, -0.1) is 0 Å². The fourth-order valence-electron chi connectivity index (χ4n) is 3.49. The minimum Gasteiger partial charge on any atom is -0.508 e. The molecule has 0 amide bonds. The Kier molecular flexibility index (Phi) is 5.36. The van der Waals surface area contributed by atoms with E-state index in [4.69, 9.17) is 14.2 Å². The zero-order chi connectivity index (χ0) is 22.4. The minimum atomic E-state index is -1.59. The Morgan fingerprint density at radius 2 is 1.71 bits per heavy atom. The Bertz CT molecular complexity index is 1040. The summed E-state index contributed by atoms with van der Waals surface area (Å²) in [5.41, 5.74) is 0.957. The van der Waals surface area contributed by atoms with Gasteiger partial charge < -0.3 is 39.7 Å². The lowest BCUT2D eigenvalue weighted by molar-refractivity contribution is -0.268. The highest BCUT2D eigenvalue weighted by molar-refractivity contribution is 6.16. The Morgan fingerprint density at radius 3 is 2.39 bits per heavy atom. The molecular formula is C22H22O9. The highest BCUT2D eigenvalue weighted by atomic mass is 16.7. The minimum absolute atomic E-state index is 0.0202. The van der Waals surface area contributed by atoms with Gasteiger partial charge in [0.25, 0.3) is 0 Å². The molecule has 2 aromatic carbocycles. The monoisotopic (exact) mass is 430 g/mol. The second-order valence-corrected chi connectivity index (χ2v) is 7.55. The Morgan fingerprint density at radius 1 is 1.03 bits per heavy atom. The molecule has 2 unspecified atom stereocenters. The predicted octanol–water partition coefficient (Wildman–Crippen LogP) is 1.23. The quantitative estimate of drug-likeness (QED) is 0.454. The van der Waals surface area contributed by atoms with E-state index in [2.05, 4.69) is 0 Å². The van der Waals surface area contributed by atoms with Gasteiger partial charge in [-0.1, -0.05) is 12.1 Å². The lowest BCUT2D eigenvalue weighted by Crippen LogP contribution is -2.58. The van der Waals surface area contributed by atoms with Crippen molar-refractivity contribution in [1.82, 2.24) is 0 Å².